The third-order valence-electron chi connectivity index (χ3n) is 4.07. The number of hydrogen-bond donors (Lipinski definition) is 3. The lowest BCUT2D eigenvalue weighted by atomic mass is 9.87. The van der Waals surface area contributed by atoms with Crippen LogP contribution in [0.5, 0.6) is 0 Å². The molecule has 3 N–H and O–H groups in total. The van der Waals surface area contributed by atoms with Crippen molar-refractivity contribution in [1.82, 2.24) is 9.97 Å². The molecule has 1 atom stereocenters. The Hall–Kier alpha value is -2.92. The van der Waals surface area contributed by atoms with Gasteiger partial charge in [-0.05, 0) is 5.56 Å². The Morgan fingerprint density at radius 2 is 1.45 bits per heavy atom. The summed E-state index contributed by atoms with van der Waals surface area (Å²) >= 11 is 0. The maximum absolute atomic E-state index is 11.7. The van der Waals surface area contributed by atoms with E-state index in [9.17, 15) is 14.7 Å². The van der Waals surface area contributed by atoms with E-state index in [1.54, 1.807) is 18.2 Å². The summed E-state index contributed by atoms with van der Waals surface area (Å²) in [5.74, 6) is 0. The van der Waals surface area contributed by atoms with Crippen LogP contribution in [0.15, 0.2) is 64.2 Å². The number of H-pyrrole nitrogens is 2. The van der Waals surface area contributed by atoms with Crippen LogP contribution < -0.4 is 11.1 Å². The number of fused-ring (bicyclic) bond motifs is 3. The van der Waals surface area contributed by atoms with Crippen molar-refractivity contribution in [1.29, 1.82) is 0 Å². The van der Waals surface area contributed by atoms with E-state index in [-0.39, 0.29) is 0 Å². The van der Waals surface area contributed by atoms with E-state index in [1.807, 2.05) is 36.4 Å². The highest BCUT2D eigenvalue weighted by Crippen LogP contribution is 2.48. The van der Waals surface area contributed by atoms with E-state index in [1.165, 1.54) is 0 Å². The lowest BCUT2D eigenvalue weighted by Gasteiger charge is -2.25. The first kappa shape index (κ1) is 12.8. The van der Waals surface area contributed by atoms with E-state index in [0.717, 1.165) is 0 Å². The molecule has 22 heavy (non-hydrogen) atoms. The van der Waals surface area contributed by atoms with Crippen LogP contribution in [-0.2, 0) is 5.60 Å². The van der Waals surface area contributed by atoms with Crippen molar-refractivity contribution in [3.63, 3.8) is 0 Å². The maximum atomic E-state index is 11.7. The molecule has 108 valence electrons. The zero-order valence-corrected chi connectivity index (χ0v) is 11.5. The summed E-state index contributed by atoms with van der Waals surface area (Å²) in [4.78, 5) is 28.5. The predicted molar refractivity (Wildman–Crippen MR) is 81.7 cm³/mol. The molecule has 0 bridgehead atoms. The summed E-state index contributed by atoms with van der Waals surface area (Å²) in [5.41, 5.74) is -0.283. The molecule has 5 nitrogen and oxygen atoms in total. The average molecular weight is 292 g/mol. The van der Waals surface area contributed by atoms with Crippen molar-refractivity contribution in [2.75, 3.05) is 0 Å². The van der Waals surface area contributed by atoms with Crippen LogP contribution in [0.4, 0.5) is 0 Å². The van der Waals surface area contributed by atoms with Gasteiger partial charge in [-0.25, -0.2) is 0 Å². The number of aliphatic hydroxyl groups is 1. The molecule has 1 heterocycles. The molecule has 5 heteroatoms. The van der Waals surface area contributed by atoms with E-state index < -0.39 is 16.7 Å². The Morgan fingerprint density at radius 3 is 2.23 bits per heavy atom. The quantitative estimate of drug-likeness (QED) is 0.591. The van der Waals surface area contributed by atoms with Gasteiger partial charge in [0.05, 0.1) is 11.4 Å². The van der Waals surface area contributed by atoms with E-state index in [4.69, 9.17) is 0 Å². The van der Waals surface area contributed by atoms with Gasteiger partial charge in [-0.1, -0.05) is 54.6 Å². The van der Waals surface area contributed by atoms with Gasteiger partial charge in [-0.2, -0.15) is 0 Å². The second kappa shape index (κ2) is 4.29. The number of benzene rings is 2. The summed E-state index contributed by atoms with van der Waals surface area (Å²) in [5, 5.41) is 11.4. The number of hydrogen-bond acceptors (Lipinski definition) is 3. The standard InChI is InChI=1S/C17H12N2O3/c20-15-16(21)19-14-13(18-15)11-8-4-5-9-12(11)17(14,22)10-6-2-1-3-7-10/h1-9,22H,(H,18,20)(H,19,21). The first-order valence-electron chi connectivity index (χ1n) is 6.87. The smallest absolute Gasteiger partial charge is 0.314 e. The van der Waals surface area contributed by atoms with Crippen LogP contribution in [0, 0.1) is 0 Å². The molecule has 4 rings (SSSR count). The minimum atomic E-state index is -1.49. The summed E-state index contributed by atoms with van der Waals surface area (Å²) in [6.45, 7) is 0. The van der Waals surface area contributed by atoms with Gasteiger partial charge >= 0.3 is 11.1 Å². The van der Waals surface area contributed by atoms with Crippen LogP contribution in [0.1, 0.15) is 16.8 Å². The lowest BCUT2D eigenvalue weighted by Crippen LogP contribution is -2.35. The number of nitrogens with one attached hydrogen (secondary N) is 2. The molecular weight excluding hydrogens is 280 g/mol. The van der Waals surface area contributed by atoms with Crippen molar-refractivity contribution in [2.45, 2.75) is 5.60 Å². The molecule has 0 saturated carbocycles. The third-order valence-corrected chi connectivity index (χ3v) is 4.07. The first-order valence-corrected chi connectivity index (χ1v) is 6.87. The fraction of sp³-hybridized carbons (Fsp3) is 0.0588. The normalized spacial score (nSPS) is 18.8. The predicted octanol–water partition coefficient (Wildman–Crippen LogP) is 1.33. The van der Waals surface area contributed by atoms with Crippen LogP contribution >= 0.6 is 0 Å². The van der Waals surface area contributed by atoms with Gasteiger partial charge < -0.3 is 15.1 Å². The average Bonchev–Trinajstić information content (AvgIpc) is 2.80. The monoisotopic (exact) mass is 292 g/mol. The molecule has 0 spiro atoms. The molecular formula is C17H12N2O3. The second-order valence-electron chi connectivity index (χ2n) is 5.28. The Bertz CT molecular complexity index is 989. The fourth-order valence-electron chi connectivity index (χ4n) is 3.07. The Labute approximate surface area is 124 Å². The van der Waals surface area contributed by atoms with Crippen LogP contribution in [0.3, 0.4) is 0 Å². The van der Waals surface area contributed by atoms with Gasteiger partial charge in [-0.3, -0.25) is 9.59 Å². The molecule has 1 aliphatic carbocycles. The molecule has 0 radical (unpaired) electrons. The summed E-state index contributed by atoms with van der Waals surface area (Å²) < 4.78 is 0. The highest BCUT2D eigenvalue weighted by molar-refractivity contribution is 5.77. The van der Waals surface area contributed by atoms with E-state index in [2.05, 4.69) is 9.97 Å². The molecule has 1 aliphatic rings. The van der Waals surface area contributed by atoms with Crippen molar-refractivity contribution >= 4 is 0 Å². The van der Waals surface area contributed by atoms with Gasteiger partial charge in [-0.15, -0.1) is 0 Å². The number of aromatic amines is 2. The Kier molecular flexibility index (Phi) is 2.49. The molecule has 0 saturated heterocycles. The summed E-state index contributed by atoms with van der Waals surface area (Å²) in [7, 11) is 0. The van der Waals surface area contributed by atoms with Crippen molar-refractivity contribution in [2.24, 2.45) is 0 Å². The number of aromatic nitrogens is 2. The molecule has 0 aliphatic heterocycles. The van der Waals surface area contributed by atoms with Crippen molar-refractivity contribution < 1.29 is 5.11 Å². The summed E-state index contributed by atoms with van der Waals surface area (Å²) in [6.07, 6.45) is 0. The maximum Gasteiger partial charge on any atom is 0.314 e. The molecule has 3 aromatic rings. The third kappa shape index (κ3) is 1.51. The van der Waals surface area contributed by atoms with Gasteiger partial charge in [0.15, 0.2) is 5.60 Å². The zero-order chi connectivity index (χ0) is 15.3. The second-order valence-corrected chi connectivity index (χ2v) is 5.28. The topological polar surface area (TPSA) is 86.0 Å². The van der Waals surface area contributed by atoms with Crippen LogP contribution in [-0.4, -0.2) is 15.1 Å². The lowest BCUT2D eigenvalue weighted by molar-refractivity contribution is 0.125. The molecule has 2 aromatic carbocycles. The first-order chi connectivity index (χ1) is 10.6. The molecule has 1 unspecified atom stereocenters. The Balaban J connectivity index is 2.16. The van der Waals surface area contributed by atoms with Gasteiger partial charge in [0, 0.05) is 11.1 Å². The molecule has 0 amide bonds. The van der Waals surface area contributed by atoms with E-state index >= 15 is 0 Å². The van der Waals surface area contributed by atoms with Gasteiger partial charge in [0.1, 0.15) is 0 Å². The van der Waals surface area contributed by atoms with Gasteiger partial charge in [0.2, 0.25) is 0 Å². The molecule has 0 fully saturated rings. The Morgan fingerprint density at radius 1 is 0.818 bits per heavy atom. The number of rotatable bonds is 1. The van der Waals surface area contributed by atoms with Crippen LogP contribution in [0.2, 0.25) is 0 Å². The highest BCUT2D eigenvalue weighted by atomic mass is 16.3. The van der Waals surface area contributed by atoms with Gasteiger partial charge in [0.25, 0.3) is 0 Å². The largest absolute Gasteiger partial charge is 0.374 e. The highest BCUT2D eigenvalue weighted by Gasteiger charge is 2.44. The SMILES string of the molecule is O=c1[nH]c2c([nH]c1=O)C(O)(c1ccccc1)c1ccccc1-2. The summed E-state index contributed by atoms with van der Waals surface area (Å²) in [6, 6.07) is 16.3. The fourth-order valence-corrected chi connectivity index (χ4v) is 3.07. The van der Waals surface area contributed by atoms with Crippen molar-refractivity contribution in [3.05, 3.63) is 92.1 Å². The molecule has 1 aromatic heterocycles. The zero-order valence-electron chi connectivity index (χ0n) is 11.5. The van der Waals surface area contributed by atoms with E-state index in [0.29, 0.717) is 28.1 Å². The van der Waals surface area contributed by atoms with Crippen LogP contribution in [0.25, 0.3) is 11.3 Å². The minimum absolute atomic E-state index is 0.296. The minimum Gasteiger partial charge on any atom is -0.374 e. The van der Waals surface area contributed by atoms with Crippen molar-refractivity contribution in [3.8, 4) is 11.3 Å².